The lowest BCUT2D eigenvalue weighted by Gasteiger charge is -2.31. The van der Waals surface area contributed by atoms with Crippen LogP contribution in [0.4, 0.5) is 0 Å². The third kappa shape index (κ3) is 2.43. The van der Waals surface area contributed by atoms with Crippen LogP contribution in [0, 0.1) is 5.92 Å². The van der Waals surface area contributed by atoms with Crippen molar-refractivity contribution in [2.24, 2.45) is 5.92 Å². The molecule has 0 saturated carbocycles. The molecule has 1 radical (unpaired) electrons. The lowest BCUT2D eigenvalue weighted by Crippen LogP contribution is -2.42. The van der Waals surface area contributed by atoms with E-state index in [1.54, 1.807) is 0 Å². The van der Waals surface area contributed by atoms with Gasteiger partial charge in [0.05, 0.1) is 6.61 Å². The Balaban J connectivity index is 2.32. The Bertz CT molecular complexity index is 111. The molecule has 0 N–H and O–H groups in total. The highest BCUT2D eigenvalue weighted by Crippen LogP contribution is 2.11. The Morgan fingerprint density at radius 3 is 2.73 bits per heavy atom. The first kappa shape index (κ1) is 8.97. The van der Waals surface area contributed by atoms with E-state index in [0.717, 1.165) is 13.2 Å². The molecule has 0 aromatic rings. The van der Waals surface area contributed by atoms with Crippen molar-refractivity contribution < 1.29 is 4.74 Å². The first-order chi connectivity index (χ1) is 5.22. The van der Waals surface area contributed by atoms with Crippen molar-refractivity contribution in [3.63, 3.8) is 0 Å². The Kier molecular flexibility index (Phi) is 3.30. The first-order valence-electron chi connectivity index (χ1n) is 4.09. The molecule has 65 valence electrons. The van der Waals surface area contributed by atoms with Crippen LogP contribution in [0.1, 0.15) is 6.92 Å². The summed E-state index contributed by atoms with van der Waals surface area (Å²) in [7, 11) is 4.19. The van der Waals surface area contributed by atoms with Crippen LogP contribution in [-0.2, 0) is 4.74 Å². The Labute approximate surface area is 68.7 Å². The summed E-state index contributed by atoms with van der Waals surface area (Å²) in [4.78, 5) is 2.22. The third-order valence-electron chi connectivity index (χ3n) is 2.37. The van der Waals surface area contributed by atoms with Crippen molar-refractivity contribution in [3.05, 3.63) is 0 Å². The third-order valence-corrected chi connectivity index (χ3v) is 2.37. The van der Waals surface area contributed by atoms with Crippen LogP contribution in [-0.4, -0.2) is 44.9 Å². The zero-order valence-corrected chi connectivity index (χ0v) is 7.58. The molecular weight excluding hydrogens is 140 g/mol. The standard InChI is InChI=1S/C8H17N2O/c1-7(10(2)3)8-4-9-6-11-5-8/h7-8H,4-6H2,1-3H3. The summed E-state index contributed by atoms with van der Waals surface area (Å²) in [5.41, 5.74) is 0. The molecule has 0 aliphatic carbocycles. The molecule has 2 atom stereocenters. The fourth-order valence-corrected chi connectivity index (χ4v) is 1.25. The SMILES string of the molecule is CC(C1C[N]COC1)N(C)C. The van der Waals surface area contributed by atoms with E-state index in [-0.39, 0.29) is 0 Å². The quantitative estimate of drug-likeness (QED) is 0.570. The van der Waals surface area contributed by atoms with Gasteiger partial charge in [0.15, 0.2) is 0 Å². The van der Waals surface area contributed by atoms with Crippen molar-refractivity contribution in [2.45, 2.75) is 13.0 Å². The molecule has 0 spiro atoms. The van der Waals surface area contributed by atoms with E-state index in [1.807, 2.05) is 0 Å². The number of ether oxygens (including phenoxy) is 1. The summed E-state index contributed by atoms with van der Waals surface area (Å²) >= 11 is 0. The zero-order valence-electron chi connectivity index (χ0n) is 7.58. The summed E-state index contributed by atoms with van der Waals surface area (Å²) in [5.74, 6) is 0.582. The maximum atomic E-state index is 5.26. The molecule has 1 heterocycles. The van der Waals surface area contributed by atoms with Gasteiger partial charge in [-0.1, -0.05) is 0 Å². The van der Waals surface area contributed by atoms with E-state index in [9.17, 15) is 0 Å². The van der Waals surface area contributed by atoms with Crippen LogP contribution < -0.4 is 5.32 Å². The van der Waals surface area contributed by atoms with Crippen LogP contribution in [0.15, 0.2) is 0 Å². The number of hydrogen-bond donors (Lipinski definition) is 0. The highest BCUT2D eigenvalue weighted by atomic mass is 16.5. The van der Waals surface area contributed by atoms with Crippen LogP contribution in [0.5, 0.6) is 0 Å². The summed E-state index contributed by atoms with van der Waals surface area (Å²) in [6.07, 6.45) is 0. The predicted octanol–water partition coefficient (Wildman–Crippen LogP) is 0.145. The Hall–Kier alpha value is -0.120. The second kappa shape index (κ2) is 4.04. The smallest absolute Gasteiger partial charge is 0.112 e. The second-order valence-electron chi connectivity index (χ2n) is 3.37. The van der Waals surface area contributed by atoms with Crippen LogP contribution in [0.3, 0.4) is 0 Å². The van der Waals surface area contributed by atoms with Gasteiger partial charge in [0, 0.05) is 18.5 Å². The molecule has 1 fully saturated rings. The van der Waals surface area contributed by atoms with Crippen LogP contribution in [0.25, 0.3) is 0 Å². The average Bonchev–Trinajstić information content (AvgIpc) is 2.05. The minimum absolute atomic E-state index is 0.569. The fourth-order valence-electron chi connectivity index (χ4n) is 1.25. The van der Waals surface area contributed by atoms with Gasteiger partial charge in [0.2, 0.25) is 0 Å². The Morgan fingerprint density at radius 1 is 1.55 bits per heavy atom. The summed E-state index contributed by atoms with van der Waals surface area (Å²) < 4.78 is 5.26. The summed E-state index contributed by atoms with van der Waals surface area (Å²) in [5, 5.41) is 4.21. The van der Waals surface area contributed by atoms with Crippen LogP contribution >= 0.6 is 0 Å². The normalized spacial score (nSPS) is 28.9. The van der Waals surface area contributed by atoms with Gasteiger partial charge in [0.1, 0.15) is 6.73 Å². The maximum absolute atomic E-state index is 5.26. The van der Waals surface area contributed by atoms with Gasteiger partial charge in [-0.05, 0) is 21.0 Å². The number of rotatable bonds is 2. The molecule has 11 heavy (non-hydrogen) atoms. The summed E-state index contributed by atoms with van der Waals surface area (Å²) in [6, 6.07) is 0.569. The van der Waals surface area contributed by atoms with Crippen molar-refractivity contribution in [2.75, 3.05) is 34.0 Å². The highest BCUT2D eigenvalue weighted by Gasteiger charge is 2.21. The molecule has 1 rings (SSSR count). The van der Waals surface area contributed by atoms with E-state index >= 15 is 0 Å². The zero-order chi connectivity index (χ0) is 8.27. The highest BCUT2D eigenvalue weighted by molar-refractivity contribution is 4.75. The van der Waals surface area contributed by atoms with Gasteiger partial charge in [-0.25, -0.2) is 5.32 Å². The van der Waals surface area contributed by atoms with Gasteiger partial charge in [-0.3, -0.25) is 0 Å². The molecule has 0 aromatic carbocycles. The molecule has 0 bridgehead atoms. The van der Waals surface area contributed by atoms with Gasteiger partial charge in [-0.15, -0.1) is 0 Å². The van der Waals surface area contributed by atoms with Crippen molar-refractivity contribution in [3.8, 4) is 0 Å². The molecule has 3 heteroatoms. The second-order valence-corrected chi connectivity index (χ2v) is 3.37. The predicted molar refractivity (Wildman–Crippen MR) is 44.5 cm³/mol. The molecule has 3 nitrogen and oxygen atoms in total. The van der Waals surface area contributed by atoms with E-state index < -0.39 is 0 Å². The summed E-state index contributed by atoms with van der Waals surface area (Å²) in [6.45, 7) is 4.63. The number of hydrogen-bond acceptors (Lipinski definition) is 2. The van der Waals surface area contributed by atoms with Gasteiger partial charge < -0.3 is 9.64 Å². The molecule has 1 saturated heterocycles. The van der Waals surface area contributed by atoms with Crippen LogP contribution in [0.2, 0.25) is 0 Å². The molecule has 0 aromatic heterocycles. The topological polar surface area (TPSA) is 26.6 Å². The van der Waals surface area contributed by atoms with Gasteiger partial charge in [0.25, 0.3) is 0 Å². The van der Waals surface area contributed by atoms with Crippen molar-refractivity contribution in [1.29, 1.82) is 0 Å². The van der Waals surface area contributed by atoms with Crippen molar-refractivity contribution >= 4 is 0 Å². The molecule has 2 unspecified atom stereocenters. The van der Waals surface area contributed by atoms with Gasteiger partial charge >= 0.3 is 0 Å². The minimum atomic E-state index is 0.569. The number of nitrogens with zero attached hydrogens (tertiary/aromatic N) is 2. The Morgan fingerprint density at radius 2 is 2.27 bits per heavy atom. The first-order valence-corrected chi connectivity index (χ1v) is 4.09. The van der Waals surface area contributed by atoms with E-state index in [0.29, 0.717) is 18.7 Å². The van der Waals surface area contributed by atoms with E-state index in [1.165, 1.54) is 0 Å². The average molecular weight is 157 g/mol. The molecular formula is C8H17N2O. The maximum Gasteiger partial charge on any atom is 0.112 e. The monoisotopic (exact) mass is 157 g/mol. The van der Waals surface area contributed by atoms with E-state index in [4.69, 9.17) is 4.74 Å². The molecule has 0 amide bonds. The molecule has 1 aliphatic heterocycles. The lowest BCUT2D eigenvalue weighted by molar-refractivity contribution is 0.0163. The minimum Gasteiger partial charge on any atom is -0.364 e. The largest absolute Gasteiger partial charge is 0.364 e. The fraction of sp³-hybridized carbons (Fsp3) is 1.00. The lowest BCUT2D eigenvalue weighted by atomic mass is 10.0. The van der Waals surface area contributed by atoms with Gasteiger partial charge in [-0.2, -0.15) is 0 Å². The van der Waals surface area contributed by atoms with E-state index in [2.05, 4.69) is 31.2 Å². The molecule has 1 aliphatic rings. The van der Waals surface area contributed by atoms with Crippen molar-refractivity contribution in [1.82, 2.24) is 10.2 Å².